The smallest absolute Gasteiger partial charge is 0.126 e. The summed E-state index contributed by atoms with van der Waals surface area (Å²) in [7, 11) is 0. The van der Waals surface area contributed by atoms with Crippen molar-refractivity contribution in [3.8, 4) is 0 Å². The van der Waals surface area contributed by atoms with E-state index in [-0.39, 0.29) is 0 Å². The van der Waals surface area contributed by atoms with Gasteiger partial charge in [-0.25, -0.2) is 4.98 Å². The van der Waals surface area contributed by atoms with Gasteiger partial charge in [0.05, 0.1) is 19.3 Å². The van der Waals surface area contributed by atoms with E-state index < -0.39 is 0 Å². The molecule has 4 rings (SSSR count). The Bertz CT molecular complexity index is 650. The van der Waals surface area contributed by atoms with Gasteiger partial charge in [0.1, 0.15) is 5.82 Å². The fraction of sp³-hybridized carbons (Fsp3) is 0.421. The van der Waals surface area contributed by atoms with Crippen LogP contribution in [0.3, 0.4) is 0 Å². The largest absolute Gasteiger partial charge is 0.379 e. The van der Waals surface area contributed by atoms with Crippen LogP contribution in [0.15, 0.2) is 42.6 Å². The van der Waals surface area contributed by atoms with E-state index in [9.17, 15) is 0 Å². The Balaban J connectivity index is 1.39. The Hall–Kier alpha value is -1.91. The van der Waals surface area contributed by atoms with Crippen molar-refractivity contribution in [1.29, 1.82) is 0 Å². The number of hydrogen-bond acceptors (Lipinski definition) is 4. The SMILES string of the molecule is c1ccc2c(c1)CCC2Nc1ccc(CN2CCOCC2)cn1. The quantitative estimate of drug-likeness (QED) is 0.942. The molecule has 1 atom stereocenters. The monoisotopic (exact) mass is 309 g/mol. The Morgan fingerprint density at radius 2 is 2.00 bits per heavy atom. The number of rotatable bonds is 4. The lowest BCUT2D eigenvalue weighted by Gasteiger charge is -2.26. The normalized spacial score (nSPS) is 21.1. The Morgan fingerprint density at radius 3 is 2.83 bits per heavy atom. The first kappa shape index (κ1) is 14.7. The number of morpholine rings is 1. The van der Waals surface area contributed by atoms with Crippen molar-refractivity contribution in [3.05, 3.63) is 59.3 Å². The molecule has 2 aliphatic rings. The van der Waals surface area contributed by atoms with Gasteiger partial charge in [-0.3, -0.25) is 4.90 Å². The van der Waals surface area contributed by atoms with Gasteiger partial charge >= 0.3 is 0 Å². The standard InChI is InChI=1S/C19H23N3O/c1-2-4-17-16(3-1)6-7-18(17)21-19-8-5-15(13-20-19)14-22-9-11-23-12-10-22/h1-5,8,13,18H,6-7,9-12,14H2,(H,20,21). The molecule has 1 aliphatic heterocycles. The molecule has 1 aromatic heterocycles. The third-order valence-corrected chi connectivity index (χ3v) is 4.79. The molecular formula is C19H23N3O. The average Bonchev–Trinajstić information content (AvgIpc) is 3.01. The van der Waals surface area contributed by atoms with Crippen molar-refractivity contribution in [2.45, 2.75) is 25.4 Å². The summed E-state index contributed by atoms with van der Waals surface area (Å²) in [4.78, 5) is 7.03. The molecule has 2 heterocycles. The van der Waals surface area contributed by atoms with Crippen LogP contribution in [0, 0.1) is 0 Å². The summed E-state index contributed by atoms with van der Waals surface area (Å²) in [6.07, 6.45) is 4.30. The molecule has 1 aromatic carbocycles. The molecule has 120 valence electrons. The van der Waals surface area contributed by atoms with Gasteiger partial charge < -0.3 is 10.1 Å². The highest BCUT2D eigenvalue weighted by Gasteiger charge is 2.21. The Kier molecular flexibility index (Phi) is 4.26. The van der Waals surface area contributed by atoms with E-state index in [1.54, 1.807) is 0 Å². The van der Waals surface area contributed by atoms with Gasteiger partial charge in [-0.1, -0.05) is 30.3 Å². The molecule has 4 heteroatoms. The van der Waals surface area contributed by atoms with E-state index in [0.717, 1.165) is 51.5 Å². The van der Waals surface area contributed by atoms with Gasteiger partial charge in [0, 0.05) is 25.8 Å². The highest BCUT2D eigenvalue weighted by atomic mass is 16.5. The second kappa shape index (κ2) is 6.69. The molecule has 0 bridgehead atoms. The summed E-state index contributed by atoms with van der Waals surface area (Å²) >= 11 is 0. The van der Waals surface area contributed by atoms with Crippen molar-refractivity contribution >= 4 is 5.82 Å². The van der Waals surface area contributed by atoms with Crippen LogP contribution < -0.4 is 5.32 Å². The summed E-state index contributed by atoms with van der Waals surface area (Å²) in [6.45, 7) is 4.67. The maximum absolute atomic E-state index is 5.39. The number of anilines is 1. The second-order valence-corrected chi connectivity index (χ2v) is 6.37. The number of ether oxygens (including phenoxy) is 1. The summed E-state index contributed by atoms with van der Waals surface area (Å²) in [5.41, 5.74) is 4.16. The van der Waals surface area contributed by atoms with Crippen molar-refractivity contribution in [2.75, 3.05) is 31.6 Å². The molecule has 1 aliphatic carbocycles. The minimum Gasteiger partial charge on any atom is -0.379 e. The van der Waals surface area contributed by atoms with Crippen LogP contribution in [0.1, 0.15) is 29.2 Å². The van der Waals surface area contributed by atoms with E-state index in [1.165, 1.54) is 16.7 Å². The van der Waals surface area contributed by atoms with Gasteiger partial charge in [0.15, 0.2) is 0 Å². The van der Waals surface area contributed by atoms with Gasteiger partial charge in [-0.2, -0.15) is 0 Å². The highest BCUT2D eigenvalue weighted by molar-refractivity contribution is 5.43. The first-order chi connectivity index (χ1) is 11.4. The lowest BCUT2D eigenvalue weighted by Crippen LogP contribution is -2.35. The molecule has 1 fully saturated rings. The molecule has 2 aromatic rings. The summed E-state index contributed by atoms with van der Waals surface area (Å²) < 4.78 is 5.39. The molecule has 1 unspecified atom stereocenters. The average molecular weight is 309 g/mol. The van der Waals surface area contributed by atoms with E-state index in [4.69, 9.17) is 4.74 Å². The van der Waals surface area contributed by atoms with Crippen molar-refractivity contribution in [2.24, 2.45) is 0 Å². The molecule has 0 amide bonds. The number of fused-ring (bicyclic) bond motifs is 1. The van der Waals surface area contributed by atoms with E-state index >= 15 is 0 Å². The van der Waals surface area contributed by atoms with Crippen LogP contribution in [-0.2, 0) is 17.7 Å². The number of hydrogen-bond donors (Lipinski definition) is 1. The van der Waals surface area contributed by atoms with Gasteiger partial charge in [0.25, 0.3) is 0 Å². The van der Waals surface area contributed by atoms with E-state index in [1.807, 2.05) is 6.20 Å². The molecular weight excluding hydrogens is 286 g/mol. The van der Waals surface area contributed by atoms with Gasteiger partial charge in [0.2, 0.25) is 0 Å². The minimum atomic E-state index is 0.392. The number of nitrogens with one attached hydrogen (secondary N) is 1. The van der Waals surface area contributed by atoms with Crippen LogP contribution in [0.5, 0.6) is 0 Å². The summed E-state index contributed by atoms with van der Waals surface area (Å²) in [6, 6.07) is 13.4. The van der Waals surface area contributed by atoms with E-state index in [0.29, 0.717) is 6.04 Å². The zero-order valence-corrected chi connectivity index (χ0v) is 13.4. The van der Waals surface area contributed by atoms with Crippen molar-refractivity contribution in [1.82, 2.24) is 9.88 Å². The molecule has 1 saturated heterocycles. The fourth-order valence-corrected chi connectivity index (χ4v) is 3.51. The molecule has 0 radical (unpaired) electrons. The van der Waals surface area contributed by atoms with Crippen LogP contribution in [-0.4, -0.2) is 36.2 Å². The summed E-state index contributed by atoms with van der Waals surface area (Å²) in [5.74, 6) is 0.970. The third-order valence-electron chi connectivity index (χ3n) is 4.79. The minimum absolute atomic E-state index is 0.392. The fourth-order valence-electron chi connectivity index (χ4n) is 3.51. The molecule has 23 heavy (non-hydrogen) atoms. The first-order valence-electron chi connectivity index (χ1n) is 8.48. The van der Waals surface area contributed by atoms with Crippen LogP contribution in [0.4, 0.5) is 5.82 Å². The Labute approximate surface area is 137 Å². The first-order valence-corrected chi connectivity index (χ1v) is 8.48. The van der Waals surface area contributed by atoms with Crippen LogP contribution in [0.2, 0.25) is 0 Å². The zero-order chi connectivity index (χ0) is 15.5. The van der Waals surface area contributed by atoms with Gasteiger partial charge in [-0.05, 0) is 35.6 Å². The predicted octanol–water partition coefficient (Wildman–Crippen LogP) is 3.01. The third kappa shape index (κ3) is 3.38. The molecule has 1 N–H and O–H groups in total. The number of aromatic nitrogens is 1. The number of pyridine rings is 1. The maximum atomic E-state index is 5.39. The number of benzene rings is 1. The number of nitrogens with zero attached hydrogens (tertiary/aromatic N) is 2. The molecule has 0 saturated carbocycles. The second-order valence-electron chi connectivity index (χ2n) is 6.37. The van der Waals surface area contributed by atoms with Gasteiger partial charge in [-0.15, -0.1) is 0 Å². The topological polar surface area (TPSA) is 37.4 Å². The Morgan fingerprint density at radius 1 is 1.13 bits per heavy atom. The predicted molar refractivity (Wildman–Crippen MR) is 91.5 cm³/mol. The zero-order valence-electron chi connectivity index (χ0n) is 13.4. The highest BCUT2D eigenvalue weighted by Crippen LogP contribution is 2.33. The van der Waals surface area contributed by atoms with Crippen molar-refractivity contribution in [3.63, 3.8) is 0 Å². The van der Waals surface area contributed by atoms with Crippen LogP contribution in [0.25, 0.3) is 0 Å². The lowest BCUT2D eigenvalue weighted by molar-refractivity contribution is 0.0341. The van der Waals surface area contributed by atoms with Crippen molar-refractivity contribution < 1.29 is 4.74 Å². The van der Waals surface area contributed by atoms with E-state index in [2.05, 4.69) is 51.6 Å². The van der Waals surface area contributed by atoms with Crippen LogP contribution >= 0.6 is 0 Å². The maximum Gasteiger partial charge on any atom is 0.126 e. The summed E-state index contributed by atoms with van der Waals surface area (Å²) in [5, 5.41) is 3.58. The number of aryl methyl sites for hydroxylation is 1. The lowest BCUT2D eigenvalue weighted by atomic mass is 10.1. The molecule has 0 spiro atoms. The molecule has 4 nitrogen and oxygen atoms in total.